The van der Waals surface area contributed by atoms with Crippen LogP contribution in [-0.4, -0.2) is 43.5 Å². The van der Waals surface area contributed by atoms with Gasteiger partial charge in [-0.3, -0.25) is 29.3 Å². The molecule has 1 saturated carbocycles. The second-order valence-corrected chi connectivity index (χ2v) is 9.74. The Balaban J connectivity index is 1.61. The van der Waals surface area contributed by atoms with E-state index in [0.717, 1.165) is 41.0 Å². The number of hydrogen-bond donors (Lipinski definition) is 1. The van der Waals surface area contributed by atoms with Gasteiger partial charge in [-0.15, -0.1) is 10.2 Å². The van der Waals surface area contributed by atoms with Crippen molar-refractivity contribution in [3.05, 3.63) is 75.0 Å². The maximum absolute atomic E-state index is 13.6. The number of aromatic nitrogens is 5. The molecule has 4 heterocycles. The fraction of sp³-hybridized carbons (Fsp3) is 0.222. The van der Waals surface area contributed by atoms with Gasteiger partial charge in [-0.1, -0.05) is 17.3 Å². The number of carbonyl (C=O) groups is 2. The zero-order chi connectivity index (χ0) is 28.4. The number of halogens is 2. The molecule has 1 fully saturated rings. The number of anilines is 1. The summed E-state index contributed by atoms with van der Waals surface area (Å²) in [5, 5.41) is 11.2. The lowest BCUT2D eigenvalue weighted by Gasteiger charge is -2.15. The van der Waals surface area contributed by atoms with Crippen LogP contribution in [-0.2, 0) is 0 Å². The topological polar surface area (TPSA) is 129 Å². The van der Waals surface area contributed by atoms with E-state index in [-0.39, 0.29) is 39.0 Å². The Morgan fingerprint density at radius 2 is 1.95 bits per heavy atom. The molecule has 0 aromatic carbocycles. The molecule has 4 aromatic rings. The van der Waals surface area contributed by atoms with E-state index in [0.29, 0.717) is 10.9 Å². The summed E-state index contributed by atoms with van der Waals surface area (Å²) in [7, 11) is 1.33. The molecular weight excluding hydrogens is 542 g/mol. The molecule has 0 aliphatic heterocycles. The normalized spacial score (nSPS) is 12.5. The van der Waals surface area contributed by atoms with E-state index in [1.54, 1.807) is 0 Å². The number of nitrogens with one attached hydrogen (secondary N) is 1. The van der Waals surface area contributed by atoms with Crippen LogP contribution in [0.4, 0.5) is 13.9 Å². The maximum atomic E-state index is 13.6. The summed E-state index contributed by atoms with van der Waals surface area (Å²) >= 11 is 1.09. The van der Waals surface area contributed by atoms with E-state index in [1.165, 1.54) is 44.6 Å². The molecule has 1 amide bonds. The molecule has 1 aliphatic rings. The van der Waals surface area contributed by atoms with E-state index in [1.807, 2.05) is 0 Å². The second-order valence-electron chi connectivity index (χ2n) is 8.76. The molecule has 1 aliphatic carbocycles. The number of methoxy groups -OCH3 is 1. The van der Waals surface area contributed by atoms with Crippen molar-refractivity contribution in [3.63, 3.8) is 0 Å². The van der Waals surface area contributed by atoms with Gasteiger partial charge >= 0.3 is 0 Å². The maximum Gasteiger partial charge on any atom is 0.280 e. The van der Waals surface area contributed by atoms with E-state index < -0.39 is 29.4 Å². The van der Waals surface area contributed by atoms with E-state index in [2.05, 4.69) is 37.3 Å². The Bertz CT molecular complexity index is 1750. The van der Waals surface area contributed by atoms with Gasteiger partial charge < -0.3 is 4.74 Å². The lowest BCUT2D eigenvalue weighted by molar-refractivity contribution is 0.101. The summed E-state index contributed by atoms with van der Waals surface area (Å²) in [6.45, 7) is 1.26. The van der Waals surface area contributed by atoms with Crippen molar-refractivity contribution in [2.45, 2.75) is 26.2 Å². The van der Waals surface area contributed by atoms with Crippen LogP contribution >= 0.6 is 11.3 Å². The van der Waals surface area contributed by atoms with Crippen molar-refractivity contribution >= 4 is 28.2 Å². The number of carbonyl (C=O) groups excluding carboxylic acids is 2. The summed E-state index contributed by atoms with van der Waals surface area (Å²) in [6.07, 6.45) is 2.94. The lowest BCUT2D eigenvalue weighted by Crippen LogP contribution is -2.24. The molecule has 4 aromatic heterocycles. The predicted molar refractivity (Wildman–Crippen MR) is 142 cm³/mol. The van der Waals surface area contributed by atoms with Crippen LogP contribution in [0.15, 0.2) is 47.7 Å². The van der Waals surface area contributed by atoms with Crippen LogP contribution in [0, 0.1) is 17.8 Å². The molecule has 0 radical (unpaired) electrons. The fourth-order valence-corrected chi connectivity index (χ4v) is 4.35. The van der Waals surface area contributed by atoms with Crippen molar-refractivity contribution in [1.29, 1.82) is 0 Å². The number of amides is 1. The zero-order valence-electron chi connectivity index (χ0n) is 21.1. The Kier molecular flexibility index (Phi) is 7.43. The summed E-state index contributed by atoms with van der Waals surface area (Å²) in [5.74, 6) is 5.43. The fourth-order valence-electron chi connectivity index (χ4n) is 3.75. The first kappa shape index (κ1) is 26.8. The van der Waals surface area contributed by atoms with E-state index in [4.69, 9.17) is 4.74 Å². The number of ketones is 1. The Morgan fingerprint density at radius 3 is 2.65 bits per heavy atom. The highest BCUT2D eigenvalue weighted by atomic mass is 32.1. The zero-order valence-corrected chi connectivity index (χ0v) is 22.0. The SMILES string of the molecule is COc1cnc(C(F)F)cc1-c1cc(-n2cccc(C(C)=O)c2=O)ncc1C(=O)Nc1nnc(C#CC2CC2)s1. The van der Waals surface area contributed by atoms with Crippen LogP contribution in [0.25, 0.3) is 16.9 Å². The molecule has 0 bridgehead atoms. The summed E-state index contributed by atoms with van der Waals surface area (Å²) in [6, 6.07) is 5.36. The monoisotopic (exact) mass is 562 g/mol. The number of nitrogens with zero attached hydrogens (tertiary/aromatic N) is 5. The minimum atomic E-state index is -2.89. The minimum Gasteiger partial charge on any atom is -0.494 e. The second kappa shape index (κ2) is 11.1. The number of Topliss-reactive ketones (excluding diaryl/α,β-unsaturated/α-hetero) is 1. The van der Waals surface area contributed by atoms with Crippen molar-refractivity contribution in [3.8, 4) is 34.5 Å². The van der Waals surface area contributed by atoms with Crippen molar-refractivity contribution < 1.29 is 23.1 Å². The Morgan fingerprint density at radius 1 is 1.15 bits per heavy atom. The van der Waals surface area contributed by atoms with Crippen LogP contribution in [0.5, 0.6) is 5.75 Å². The van der Waals surface area contributed by atoms with Crippen LogP contribution in [0.1, 0.15) is 57.6 Å². The molecular formula is C27H20F2N6O4S. The highest BCUT2D eigenvalue weighted by Gasteiger charge is 2.23. The van der Waals surface area contributed by atoms with Crippen molar-refractivity contribution in [2.24, 2.45) is 5.92 Å². The third-order valence-electron chi connectivity index (χ3n) is 5.94. The average molecular weight is 563 g/mol. The van der Waals surface area contributed by atoms with Gasteiger partial charge in [0.05, 0.1) is 24.4 Å². The van der Waals surface area contributed by atoms with Crippen LogP contribution < -0.4 is 15.6 Å². The first-order chi connectivity index (χ1) is 19.2. The van der Waals surface area contributed by atoms with Gasteiger partial charge in [0.1, 0.15) is 17.3 Å². The smallest absolute Gasteiger partial charge is 0.280 e. The third-order valence-corrected chi connectivity index (χ3v) is 6.69. The summed E-state index contributed by atoms with van der Waals surface area (Å²) in [4.78, 5) is 46.3. The Labute approximate surface area is 230 Å². The third kappa shape index (κ3) is 5.62. The average Bonchev–Trinajstić information content (AvgIpc) is 3.68. The predicted octanol–water partition coefficient (Wildman–Crippen LogP) is 4.31. The molecule has 202 valence electrons. The first-order valence-electron chi connectivity index (χ1n) is 12.0. The number of alkyl halides is 2. The molecule has 5 rings (SSSR count). The Hall–Kier alpha value is -4.83. The molecule has 0 spiro atoms. The summed E-state index contributed by atoms with van der Waals surface area (Å²) < 4.78 is 33.6. The molecule has 40 heavy (non-hydrogen) atoms. The first-order valence-corrected chi connectivity index (χ1v) is 12.8. The molecule has 0 saturated heterocycles. The molecule has 0 unspecified atom stereocenters. The quantitative estimate of drug-likeness (QED) is 0.261. The highest BCUT2D eigenvalue weighted by molar-refractivity contribution is 7.15. The molecule has 1 N–H and O–H groups in total. The summed E-state index contributed by atoms with van der Waals surface area (Å²) in [5.41, 5.74) is -1.02. The van der Waals surface area contributed by atoms with Gasteiger partial charge in [-0.05, 0) is 50.0 Å². The van der Waals surface area contributed by atoms with Gasteiger partial charge in [-0.25, -0.2) is 13.8 Å². The van der Waals surface area contributed by atoms with Crippen molar-refractivity contribution in [1.82, 2.24) is 24.7 Å². The minimum absolute atomic E-state index is 0.0231. The molecule has 13 heteroatoms. The molecule has 0 atom stereocenters. The van der Waals surface area contributed by atoms with E-state index >= 15 is 0 Å². The van der Waals surface area contributed by atoms with Gasteiger partial charge in [0.2, 0.25) is 5.13 Å². The van der Waals surface area contributed by atoms with Crippen molar-refractivity contribution in [2.75, 3.05) is 12.4 Å². The van der Waals surface area contributed by atoms with Gasteiger partial charge in [0.25, 0.3) is 17.9 Å². The lowest BCUT2D eigenvalue weighted by atomic mass is 10.00. The number of ether oxygens (including phenoxy) is 1. The number of hydrogen-bond acceptors (Lipinski definition) is 9. The largest absolute Gasteiger partial charge is 0.494 e. The van der Waals surface area contributed by atoms with Crippen LogP contribution in [0.2, 0.25) is 0 Å². The number of pyridine rings is 3. The van der Waals surface area contributed by atoms with E-state index in [9.17, 15) is 23.2 Å². The number of rotatable bonds is 7. The van der Waals surface area contributed by atoms with Gasteiger partial charge in [0.15, 0.2) is 10.8 Å². The van der Waals surface area contributed by atoms with Gasteiger partial charge in [0, 0.05) is 29.4 Å². The van der Waals surface area contributed by atoms with Gasteiger partial charge in [-0.2, -0.15) is 0 Å². The van der Waals surface area contributed by atoms with Crippen LogP contribution in [0.3, 0.4) is 0 Å². The highest BCUT2D eigenvalue weighted by Crippen LogP contribution is 2.35. The standard InChI is InChI=1S/C27H20F2N6O4S/c1-14(36)16-4-3-9-35(26(16)38)22-11-17(18-10-20(24(28)29)30-13-21(18)39-2)19(12-31-22)25(37)32-27-34-33-23(40-27)8-7-15-5-6-15/h3-4,9-13,15,24H,5-6H2,1-2H3,(H,32,34,37). The molecule has 10 nitrogen and oxygen atoms in total.